The minimum atomic E-state index is -4.68. The summed E-state index contributed by atoms with van der Waals surface area (Å²) in [5, 5.41) is 2.11. The van der Waals surface area contributed by atoms with E-state index < -0.39 is 17.6 Å². The Morgan fingerprint density at radius 2 is 1.95 bits per heavy atom. The minimum Gasteiger partial charge on any atom is -0.241 e. The number of halogens is 4. The summed E-state index contributed by atoms with van der Waals surface area (Å²) in [4.78, 5) is 4.24. The van der Waals surface area contributed by atoms with Crippen LogP contribution in [0.1, 0.15) is 30.0 Å². The summed E-state index contributed by atoms with van der Waals surface area (Å²) in [6.07, 6.45) is -2.58. The summed E-state index contributed by atoms with van der Waals surface area (Å²) in [6.45, 7) is 0. The number of thiazole rings is 1. The zero-order valence-electron chi connectivity index (χ0n) is 9.67. The van der Waals surface area contributed by atoms with Crippen LogP contribution < -0.4 is 0 Å². The van der Waals surface area contributed by atoms with Gasteiger partial charge in [0, 0.05) is 16.9 Å². The molecule has 1 aromatic heterocycles. The van der Waals surface area contributed by atoms with Crippen molar-refractivity contribution in [1.82, 2.24) is 4.98 Å². The highest BCUT2D eigenvalue weighted by atomic mass is 32.1. The van der Waals surface area contributed by atoms with E-state index in [0.717, 1.165) is 24.6 Å². The molecule has 0 atom stereocenters. The molecule has 3 rings (SSSR count). The molecule has 2 aromatic rings. The van der Waals surface area contributed by atoms with Crippen LogP contribution in [-0.2, 0) is 6.18 Å². The summed E-state index contributed by atoms with van der Waals surface area (Å²) < 4.78 is 51.8. The third kappa shape index (κ3) is 2.36. The molecule has 1 fully saturated rings. The van der Waals surface area contributed by atoms with Crippen molar-refractivity contribution in [2.75, 3.05) is 0 Å². The van der Waals surface area contributed by atoms with E-state index in [4.69, 9.17) is 0 Å². The summed E-state index contributed by atoms with van der Waals surface area (Å²) in [5.74, 6) is -0.842. The van der Waals surface area contributed by atoms with Crippen LogP contribution in [0, 0.1) is 5.82 Å². The number of hydrogen-bond donors (Lipinski definition) is 0. The van der Waals surface area contributed by atoms with Gasteiger partial charge in [0.1, 0.15) is 10.8 Å². The Bertz CT molecular complexity index is 613. The Balaban J connectivity index is 2.04. The van der Waals surface area contributed by atoms with Gasteiger partial charge in [-0.3, -0.25) is 0 Å². The van der Waals surface area contributed by atoms with E-state index in [1.54, 1.807) is 5.38 Å². The molecule has 1 aromatic carbocycles. The van der Waals surface area contributed by atoms with Gasteiger partial charge in [-0.05, 0) is 25.0 Å². The van der Waals surface area contributed by atoms with E-state index in [0.29, 0.717) is 10.9 Å². The number of nitrogens with zero attached hydrogens (tertiary/aromatic N) is 1. The van der Waals surface area contributed by atoms with E-state index in [-0.39, 0.29) is 5.56 Å². The minimum absolute atomic E-state index is 0.0771. The lowest BCUT2D eigenvalue weighted by molar-refractivity contribution is -0.139. The fourth-order valence-electron chi connectivity index (χ4n) is 1.89. The van der Waals surface area contributed by atoms with Crippen LogP contribution >= 0.6 is 11.3 Å². The smallest absolute Gasteiger partial charge is 0.241 e. The molecule has 100 valence electrons. The van der Waals surface area contributed by atoms with Crippen LogP contribution in [0.5, 0.6) is 0 Å². The van der Waals surface area contributed by atoms with Gasteiger partial charge in [-0.25, -0.2) is 9.37 Å². The molecule has 0 aliphatic heterocycles. The average Bonchev–Trinajstić information content (AvgIpc) is 3.07. The Hall–Kier alpha value is -1.43. The van der Waals surface area contributed by atoms with Crippen LogP contribution in [-0.4, -0.2) is 4.98 Å². The second-order valence-corrected chi connectivity index (χ2v) is 5.37. The standard InChI is InChI=1S/C13H9F4NS/c14-11-8(2-1-3-9(11)13(15,16)17)12-18-10(6-19-12)7-4-5-7/h1-3,6-7H,4-5H2. The fraction of sp³-hybridized carbons (Fsp3) is 0.308. The molecule has 1 aliphatic rings. The molecule has 0 unspecified atom stereocenters. The van der Waals surface area contributed by atoms with Crippen LogP contribution in [0.3, 0.4) is 0 Å². The lowest BCUT2D eigenvalue weighted by atomic mass is 10.1. The largest absolute Gasteiger partial charge is 0.419 e. The predicted molar refractivity (Wildman–Crippen MR) is 64.5 cm³/mol. The second-order valence-electron chi connectivity index (χ2n) is 4.52. The third-order valence-electron chi connectivity index (χ3n) is 3.05. The van der Waals surface area contributed by atoms with Crippen molar-refractivity contribution in [1.29, 1.82) is 0 Å². The lowest BCUT2D eigenvalue weighted by Crippen LogP contribution is -2.08. The summed E-state index contributed by atoms with van der Waals surface area (Å²) in [5.41, 5.74) is -0.461. The zero-order valence-corrected chi connectivity index (χ0v) is 10.5. The predicted octanol–water partition coefficient (Wildman–Crippen LogP) is 4.85. The Labute approximate surface area is 110 Å². The third-order valence-corrected chi connectivity index (χ3v) is 3.95. The van der Waals surface area contributed by atoms with Crippen LogP contribution in [0.2, 0.25) is 0 Å². The van der Waals surface area contributed by atoms with Gasteiger partial charge in [0.15, 0.2) is 0 Å². The first-order valence-electron chi connectivity index (χ1n) is 5.78. The van der Waals surface area contributed by atoms with E-state index in [9.17, 15) is 17.6 Å². The van der Waals surface area contributed by atoms with Gasteiger partial charge < -0.3 is 0 Å². The number of rotatable bonds is 2. The van der Waals surface area contributed by atoms with E-state index in [2.05, 4.69) is 4.98 Å². The Morgan fingerprint density at radius 3 is 2.58 bits per heavy atom. The molecule has 0 saturated heterocycles. The van der Waals surface area contributed by atoms with Gasteiger partial charge in [-0.1, -0.05) is 6.07 Å². The van der Waals surface area contributed by atoms with Crippen LogP contribution in [0.15, 0.2) is 23.6 Å². The SMILES string of the molecule is Fc1c(-c2nc(C3CC3)cs2)cccc1C(F)(F)F. The van der Waals surface area contributed by atoms with Gasteiger partial charge in [0.2, 0.25) is 0 Å². The number of alkyl halides is 3. The molecule has 0 N–H and O–H groups in total. The van der Waals surface area contributed by atoms with Gasteiger partial charge in [-0.2, -0.15) is 13.2 Å². The van der Waals surface area contributed by atoms with Crippen molar-refractivity contribution in [3.8, 4) is 10.6 Å². The van der Waals surface area contributed by atoms with Gasteiger partial charge >= 0.3 is 6.18 Å². The van der Waals surface area contributed by atoms with E-state index >= 15 is 0 Å². The first-order chi connectivity index (χ1) is 8.97. The zero-order chi connectivity index (χ0) is 13.6. The monoisotopic (exact) mass is 287 g/mol. The maximum absolute atomic E-state index is 13.9. The molecule has 1 aliphatic carbocycles. The number of aromatic nitrogens is 1. The molecular formula is C13H9F4NS. The Morgan fingerprint density at radius 1 is 1.21 bits per heavy atom. The summed E-state index contributed by atoms with van der Waals surface area (Å²) in [6, 6.07) is 3.29. The maximum Gasteiger partial charge on any atom is 0.419 e. The quantitative estimate of drug-likeness (QED) is 0.720. The molecule has 1 nitrogen and oxygen atoms in total. The van der Waals surface area contributed by atoms with Crippen LogP contribution in [0.25, 0.3) is 10.6 Å². The first kappa shape index (κ1) is 12.6. The van der Waals surface area contributed by atoms with Crippen molar-refractivity contribution in [3.05, 3.63) is 40.7 Å². The number of hydrogen-bond acceptors (Lipinski definition) is 2. The highest BCUT2D eigenvalue weighted by Crippen LogP contribution is 2.42. The molecule has 19 heavy (non-hydrogen) atoms. The first-order valence-corrected chi connectivity index (χ1v) is 6.66. The summed E-state index contributed by atoms with van der Waals surface area (Å²) >= 11 is 1.19. The molecule has 1 saturated carbocycles. The number of benzene rings is 1. The molecule has 0 bridgehead atoms. The second kappa shape index (κ2) is 4.30. The van der Waals surface area contributed by atoms with Crippen molar-refractivity contribution >= 4 is 11.3 Å². The van der Waals surface area contributed by atoms with Crippen molar-refractivity contribution < 1.29 is 17.6 Å². The van der Waals surface area contributed by atoms with Crippen LogP contribution in [0.4, 0.5) is 17.6 Å². The molecule has 0 radical (unpaired) electrons. The lowest BCUT2D eigenvalue weighted by Gasteiger charge is -2.09. The fourth-order valence-corrected chi connectivity index (χ4v) is 2.81. The molecule has 0 spiro atoms. The van der Waals surface area contributed by atoms with Crippen molar-refractivity contribution in [2.24, 2.45) is 0 Å². The normalized spacial score (nSPS) is 15.8. The molecule has 1 heterocycles. The highest BCUT2D eigenvalue weighted by molar-refractivity contribution is 7.13. The molecule has 0 amide bonds. The van der Waals surface area contributed by atoms with Crippen molar-refractivity contribution in [2.45, 2.75) is 24.9 Å². The average molecular weight is 287 g/mol. The van der Waals surface area contributed by atoms with Gasteiger partial charge in [0.25, 0.3) is 0 Å². The topological polar surface area (TPSA) is 12.9 Å². The van der Waals surface area contributed by atoms with Gasteiger partial charge in [0.05, 0.1) is 11.3 Å². The molecular weight excluding hydrogens is 278 g/mol. The maximum atomic E-state index is 13.9. The van der Waals surface area contributed by atoms with Crippen molar-refractivity contribution in [3.63, 3.8) is 0 Å². The van der Waals surface area contributed by atoms with E-state index in [1.165, 1.54) is 23.5 Å². The van der Waals surface area contributed by atoms with E-state index in [1.807, 2.05) is 0 Å². The molecule has 6 heteroatoms. The Kier molecular flexibility index (Phi) is 2.85. The summed E-state index contributed by atoms with van der Waals surface area (Å²) in [7, 11) is 0. The van der Waals surface area contributed by atoms with Gasteiger partial charge in [-0.15, -0.1) is 11.3 Å². The highest BCUT2D eigenvalue weighted by Gasteiger charge is 2.35.